The third-order valence-corrected chi connectivity index (χ3v) is 5.33. The first kappa shape index (κ1) is 11.5. The fourth-order valence-corrected chi connectivity index (χ4v) is 4.18. The van der Waals surface area contributed by atoms with Crippen molar-refractivity contribution in [2.75, 3.05) is 7.11 Å². The van der Waals surface area contributed by atoms with E-state index in [0.29, 0.717) is 14.3 Å². The number of fused-ring (bicyclic) bond motifs is 1. The molecular formula is C8H5FO4S3. The first-order valence-corrected chi connectivity index (χ1v) is 7.00. The van der Waals surface area contributed by atoms with E-state index in [1.54, 1.807) is 0 Å². The van der Waals surface area contributed by atoms with Gasteiger partial charge in [0.05, 0.1) is 7.11 Å². The van der Waals surface area contributed by atoms with Crippen molar-refractivity contribution < 1.29 is 21.8 Å². The van der Waals surface area contributed by atoms with Crippen LogP contribution in [0.2, 0.25) is 0 Å². The predicted molar refractivity (Wildman–Crippen MR) is 59.3 cm³/mol. The summed E-state index contributed by atoms with van der Waals surface area (Å²) < 4.78 is 39.2. The summed E-state index contributed by atoms with van der Waals surface area (Å²) >= 11 is 1.86. The number of ether oxygens (including phenoxy) is 1. The maximum absolute atomic E-state index is 12.7. The van der Waals surface area contributed by atoms with Gasteiger partial charge in [0.2, 0.25) is 0 Å². The molecule has 0 bridgehead atoms. The maximum Gasteiger partial charge on any atom is 0.348 e. The van der Waals surface area contributed by atoms with Crippen molar-refractivity contribution in [1.29, 1.82) is 0 Å². The Bertz CT molecular complexity index is 620. The van der Waals surface area contributed by atoms with Crippen molar-refractivity contribution in [2.24, 2.45) is 0 Å². The molecule has 0 aliphatic rings. The Hall–Kier alpha value is -0.990. The minimum Gasteiger partial charge on any atom is -0.465 e. The summed E-state index contributed by atoms with van der Waals surface area (Å²) in [6.07, 6.45) is 0. The van der Waals surface area contributed by atoms with Gasteiger partial charge in [0.1, 0.15) is 4.88 Å². The zero-order valence-corrected chi connectivity index (χ0v) is 10.3. The van der Waals surface area contributed by atoms with E-state index >= 15 is 0 Å². The van der Waals surface area contributed by atoms with E-state index < -0.39 is 16.2 Å². The number of hydrogen-bond acceptors (Lipinski definition) is 6. The Morgan fingerprint density at radius 3 is 2.44 bits per heavy atom. The molecule has 0 aromatic carbocycles. The molecule has 0 unspecified atom stereocenters. The monoisotopic (exact) mass is 280 g/mol. The average Bonchev–Trinajstić information content (AvgIpc) is 2.71. The predicted octanol–water partition coefficient (Wildman–Crippen LogP) is 2.41. The molecule has 0 saturated carbocycles. The minimum absolute atomic E-state index is 0.342. The van der Waals surface area contributed by atoms with Gasteiger partial charge < -0.3 is 4.74 Å². The number of esters is 1. The highest BCUT2D eigenvalue weighted by Crippen LogP contribution is 2.36. The van der Waals surface area contributed by atoms with Gasteiger partial charge >= 0.3 is 16.2 Å². The number of rotatable bonds is 2. The van der Waals surface area contributed by atoms with Crippen LogP contribution >= 0.6 is 22.7 Å². The van der Waals surface area contributed by atoms with Crippen LogP contribution < -0.4 is 0 Å². The summed E-state index contributed by atoms with van der Waals surface area (Å²) in [5, 5.41) is 0. The number of methoxy groups -OCH3 is 1. The molecule has 0 N–H and O–H groups in total. The second kappa shape index (κ2) is 3.79. The number of halogens is 1. The van der Waals surface area contributed by atoms with Crippen LogP contribution in [0.1, 0.15) is 9.67 Å². The standard InChI is InChI=1S/C8H5FO4S3/c1-13-8(10)6-2-4-5(14-6)3-7(15-4)16(9,11)12/h2-3H,1H3. The van der Waals surface area contributed by atoms with Crippen molar-refractivity contribution in [3.8, 4) is 0 Å². The summed E-state index contributed by atoms with van der Waals surface area (Å²) in [5.74, 6) is -0.488. The molecule has 0 fully saturated rings. The molecule has 0 saturated heterocycles. The number of thiophene rings is 2. The molecular weight excluding hydrogens is 275 g/mol. The van der Waals surface area contributed by atoms with E-state index in [-0.39, 0.29) is 4.21 Å². The summed E-state index contributed by atoms with van der Waals surface area (Å²) in [6.45, 7) is 0. The smallest absolute Gasteiger partial charge is 0.348 e. The molecule has 0 atom stereocenters. The Kier molecular flexibility index (Phi) is 2.72. The Balaban J connectivity index is 2.53. The summed E-state index contributed by atoms with van der Waals surface area (Å²) in [5.41, 5.74) is 0. The topological polar surface area (TPSA) is 60.4 Å². The third-order valence-electron chi connectivity index (χ3n) is 1.81. The lowest BCUT2D eigenvalue weighted by molar-refractivity contribution is 0.0606. The quantitative estimate of drug-likeness (QED) is 0.626. The molecule has 2 aromatic rings. The summed E-state index contributed by atoms with van der Waals surface area (Å²) in [6, 6.07) is 2.71. The maximum atomic E-state index is 12.7. The van der Waals surface area contributed by atoms with Gasteiger partial charge in [-0.2, -0.15) is 8.42 Å². The van der Waals surface area contributed by atoms with E-state index in [9.17, 15) is 17.1 Å². The van der Waals surface area contributed by atoms with E-state index in [1.165, 1.54) is 19.2 Å². The fraction of sp³-hybridized carbons (Fsp3) is 0.125. The van der Waals surface area contributed by atoms with Gasteiger partial charge in [-0.05, 0) is 12.1 Å². The van der Waals surface area contributed by atoms with Crippen molar-refractivity contribution in [3.63, 3.8) is 0 Å². The molecule has 4 nitrogen and oxygen atoms in total. The van der Waals surface area contributed by atoms with Crippen LogP contribution in [-0.4, -0.2) is 21.5 Å². The summed E-state index contributed by atoms with van der Waals surface area (Å²) in [4.78, 5) is 11.5. The third kappa shape index (κ3) is 1.95. The lowest BCUT2D eigenvalue weighted by Crippen LogP contribution is -1.96. The molecule has 0 aliphatic carbocycles. The van der Waals surface area contributed by atoms with Crippen LogP contribution in [0, 0.1) is 0 Å². The van der Waals surface area contributed by atoms with E-state index in [1.807, 2.05) is 0 Å². The first-order valence-electron chi connectivity index (χ1n) is 3.98. The van der Waals surface area contributed by atoms with Crippen LogP contribution in [0.4, 0.5) is 3.89 Å². The molecule has 2 rings (SSSR count). The molecule has 8 heteroatoms. The lowest BCUT2D eigenvalue weighted by atomic mass is 10.4. The van der Waals surface area contributed by atoms with Gasteiger partial charge in [-0.3, -0.25) is 0 Å². The van der Waals surface area contributed by atoms with E-state index in [4.69, 9.17) is 0 Å². The second-order valence-corrected chi connectivity index (χ2v) is 6.58. The van der Waals surface area contributed by atoms with Crippen molar-refractivity contribution in [1.82, 2.24) is 0 Å². The van der Waals surface area contributed by atoms with Crippen LogP contribution in [0.3, 0.4) is 0 Å². The van der Waals surface area contributed by atoms with Crippen LogP contribution in [0.5, 0.6) is 0 Å². The molecule has 0 amide bonds. The van der Waals surface area contributed by atoms with Crippen molar-refractivity contribution in [2.45, 2.75) is 4.21 Å². The normalized spacial score (nSPS) is 11.9. The Labute approximate surface area is 98.5 Å². The molecule has 2 aromatic heterocycles. The molecule has 16 heavy (non-hydrogen) atoms. The summed E-state index contributed by atoms with van der Waals surface area (Å²) in [7, 11) is -3.41. The van der Waals surface area contributed by atoms with Gasteiger partial charge in [-0.1, -0.05) is 3.89 Å². The zero-order chi connectivity index (χ0) is 11.9. The molecule has 2 heterocycles. The number of hydrogen-bond donors (Lipinski definition) is 0. The van der Waals surface area contributed by atoms with Crippen LogP contribution in [0.15, 0.2) is 16.3 Å². The largest absolute Gasteiger partial charge is 0.465 e. The highest BCUT2D eigenvalue weighted by molar-refractivity contribution is 7.88. The number of carbonyl (C=O) groups is 1. The fourth-order valence-electron chi connectivity index (χ4n) is 1.13. The highest BCUT2D eigenvalue weighted by Gasteiger charge is 2.19. The Morgan fingerprint density at radius 1 is 1.31 bits per heavy atom. The lowest BCUT2D eigenvalue weighted by Gasteiger charge is -1.91. The van der Waals surface area contributed by atoms with Gasteiger partial charge in [-0.25, -0.2) is 4.79 Å². The van der Waals surface area contributed by atoms with Gasteiger partial charge in [0.15, 0.2) is 4.21 Å². The van der Waals surface area contributed by atoms with Crippen LogP contribution in [0.25, 0.3) is 9.40 Å². The van der Waals surface area contributed by atoms with Crippen LogP contribution in [-0.2, 0) is 15.0 Å². The zero-order valence-electron chi connectivity index (χ0n) is 7.89. The van der Waals surface area contributed by atoms with Gasteiger partial charge in [0.25, 0.3) is 0 Å². The molecule has 0 aliphatic heterocycles. The van der Waals surface area contributed by atoms with E-state index in [2.05, 4.69) is 4.74 Å². The molecule has 0 radical (unpaired) electrons. The highest BCUT2D eigenvalue weighted by atomic mass is 32.3. The second-order valence-electron chi connectivity index (χ2n) is 2.83. The first-order chi connectivity index (χ1) is 7.41. The molecule has 0 spiro atoms. The average molecular weight is 280 g/mol. The minimum atomic E-state index is -4.66. The van der Waals surface area contributed by atoms with E-state index in [0.717, 1.165) is 22.7 Å². The number of carbonyl (C=O) groups excluding carboxylic acids is 1. The van der Waals surface area contributed by atoms with Gasteiger partial charge in [0, 0.05) is 9.40 Å². The SMILES string of the molecule is COC(=O)c1cc2sc(S(=O)(=O)F)cc2s1. The molecule has 86 valence electrons. The van der Waals surface area contributed by atoms with Crippen molar-refractivity contribution >= 4 is 48.3 Å². The van der Waals surface area contributed by atoms with Crippen molar-refractivity contribution in [3.05, 3.63) is 17.0 Å². The van der Waals surface area contributed by atoms with Gasteiger partial charge in [-0.15, -0.1) is 22.7 Å². The Morgan fingerprint density at radius 2 is 1.94 bits per heavy atom.